The maximum atomic E-state index is 4.89. The molecule has 0 aliphatic heterocycles. The molecule has 0 saturated heterocycles. The van der Waals surface area contributed by atoms with Crippen LogP contribution in [0.3, 0.4) is 0 Å². The molecule has 0 aliphatic rings. The van der Waals surface area contributed by atoms with Crippen LogP contribution in [-0.4, -0.2) is 0 Å². The van der Waals surface area contributed by atoms with Gasteiger partial charge in [-0.05, 0) is 0 Å². The van der Waals surface area contributed by atoms with Crippen LogP contribution in [0.25, 0.3) is 21.9 Å². The molecule has 0 saturated carbocycles. The van der Waals surface area contributed by atoms with Gasteiger partial charge in [0.1, 0.15) is 0 Å². The summed E-state index contributed by atoms with van der Waals surface area (Å²) in [5.41, 5.74) is 2.59. The zero-order valence-corrected chi connectivity index (χ0v) is 15.6. The molecule has 0 heterocycles. The summed E-state index contributed by atoms with van der Waals surface area (Å²) in [5, 5.41) is 2.63. The second kappa shape index (κ2) is 10.5. The standard InChI is InChI=1S/C15H11.C5H5.2ClH.Ti/c1-2-6-12(7-3-1)15-10-13-8-4-5-9-14(13)11-15;1-2-4-5-3-1;;;/h1-11H;1-5H;2*1H;/q2*-1;;;+2/p-2. The van der Waals surface area contributed by atoms with E-state index in [1.807, 2.05) is 36.4 Å². The second-order valence-electron chi connectivity index (χ2n) is 4.77. The molecule has 0 atom stereocenters. The van der Waals surface area contributed by atoms with Gasteiger partial charge in [0.2, 0.25) is 0 Å². The average molecular weight is 375 g/mol. The van der Waals surface area contributed by atoms with Crippen molar-refractivity contribution in [3.8, 4) is 11.1 Å². The van der Waals surface area contributed by atoms with E-state index >= 15 is 0 Å². The molecule has 0 nitrogen and oxygen atoms in total. The van der Waals surface area contributed by atoms with Crippen LogP contribution in [0.15, 0.2) is 97.1 Å². The Balaban J connectivity index is 0.000000200. The fraction of sp³-hybridized carbons (Fsp3) is 0. The Labute approximate surface area is 154 Å². The summed E-state index contributed by atoms with van der Waals surface area (Å²) >= 11 is -0.556. The first kappa shape index (κ1) is 18.0. The van der Waals surface area contributed by atoms with E-state index in [9.17, 15) is 0 Å². The molecule has 4 aromatic carbocycles. The predicted molar refractivity (Wildman–Crippen MR) is 98.7 cm³/mol. The molecule has 4 aromatic rings. The van der Waals surface area contributed by atoms with E-state index in [0.717, 1.165) is 0 Å². The van der Waals surface area contributed by atoms with Gasteiger partial charge in [-0.2, -0.15) is 18.2 Å². The minimum Gasteiger partial charge on any atom is -0.214 e. The van der Waals surface area contributed by atoms with E-state index < -0.39 is 17.0 Å². The van der Waals surface area contributed by atoms with E-state index in [0.29, 0.717) is 0 Å². The van der Waals surface area contributed by atoms with Crippen molar-refractivity contribution < 1.29 is 17.0 Å². The van der Waals surface area contributed by atoms with Crippen LogP contribution in [0, 0.1) is 0 Å². The first-order valence-corrected chi connectivity index (χ1v) is 11.5. The fourth-order valence-corrected chi connectivity index (χ4v) is 2.27. The van der Waals surface area contributed by atoms with Gasteiger partial charge < -0.3 is 0 Å². The van der Waals surface area contributed by atoms with Crippen molar-refractivity contribution in [2.45, 2.75) is 0 Å². The van der Waals surface area contributed by atoms with Crippen LogP contribution >= 0.6 is 18.6 Å². The number of halogens is 2. The summed E-state index contributed by atoms with van der Waals surface area (Å²) in [7, 11) is 9.78. The Kier molecular flexibility index (Phi) is 8.21. The SMILES string of the molecule is [Cl][Ti][Cl].c1cc[cH-]c1.c1ccc(-c2cc3ccccc3[cH-]2)cc1. The summed E-state index contributed by atoms with van der Waals surface area (Å²) in [6, 6.07) is 33.4. The van der Waals surface area contributed by atoms with Gasteiger partial charge in [0, 0.05) is 0 Å². The van der Waals surface area contributed by atoms with Crippen molar-refractivity contribution in [1.29, 1.82) is 0 Å². The molecule has 0 amide bonds. The normalized spacial score (nSPS) is 9.30. The first-order valence-electron chi connectivity index (χ1n) is 7.19. The molecule has 0 aromatic heterocycles. The molecule has 0 fully saturated rings. The number of rotatable bonds is 1. The zero-order valence-electron chi connectivity index (χ0n) is 12.5. The van der Waals surface area contributed by atoms with Gasteiger partial charge in [0.25, 0.3) is 0 Å². The molecule has 0 spiro atoms. The largest absolute Gasteiger partial charge is 0.214 e. The maximum absolute atomic E-state index is 4.89. The Morgan fingerprint density at radius 2 is 1.35 bits per heavy atom. The molecule has 0 aliphatic carbocycles. The topological polar surface area (TPSA) is 0 Å². The van der Waals surface area contributed by atoms with Crippen molar-refractivity contribution in [2.75, 3.05) is 0 Å². The molecule has 0 unspecified atom stereocenters. The third-order valence-corrected chi connectivity index (χ3v) is 3.28. The number of hydrogen-bond donors (Lipinski definition) is 0. The summed E-state index contributed by atoms with van der Waals surface area (Å²) in [5.74, 6) is 0. The Hall–Kier alpha value is -1.31. The van der Waals surface area contributed by atoms with Gasteiger partial charge in [0.15, 0.2) is 0 Å². The Morgan fingerprint density at radius 3 is 1.91 bits per heavy atom. The van der Waals surface area contributed by atoms with Gasteiger partial charge in [-0.25, -0.2) is 12.1 Å². The Morgan fingerprint density at radius 1 is 0.739 bits per heavy atom. The number of benzene rings is 2. The fourth-order valence-electron chi connectivity index (χ4n) is 2.27. The van der Waals surface area contributed by atoms with Crippen LogP contribution in [0.1, 0.15) is 0 Å². The van der Waals surface area contributed by atoms with E-state index in [4.69, 9.17) is 18.6 Å². The van der Waals surface area contributed by atoms with Crippen molar-refractivity contribution in [1.82, 2.24) is 0 Å². The minimum atomic E-state index is -0.556. The van der Waals surface area contributed by atoms with E-state index in [1.54, 1.807) is 0 Å². The summed E-state index contributed by atoms with van der Waals surface area (Å²) < 4.78 is 0. The van der Waals surface area contributed by atoms with Crippen LogP contribution in [0.2, 0.25) is 0 Å². The summed E-state index contributed by atoms with van der Waals surface area (Å²) in [6.07, 6.45) is 0. The summed E-state index contributed by atoms with van der Waals surface area (Å²) in [4.78, 5) is 0. The second-order valence-corrected chi connectivity index (χ2v) is 7.35. The third-order valence-electron chi connectivity index (χ3n) is 3.28. The van der Waals surface area contributed by atoms with E-state index in [-0.39, 0.29) is 0 Å². The molecule has 4 rings (SSSR count). The van der Waals surface area contributed by atoms with Crippen LogP contribution in [-0.2, 0) is 17.0 Å². The minimum absolute atomic E-state index is 0.556. The Bertz CT molecular complexity index is 723. The molecular weight excluding hydrogens is 359 g/mol. The molecule has 23 heavy (non-hydrogen) atoms. The average Bonchev–Trinajstić information content (AvgIpc) is 3.29. The first-order chi connectivity index (χ1) is 11.3. The van der Waals surface area contributed by atoms with Gasteiger partial charge in [0.05, 0.1) is 0 Å². The smallest absolute Gasteiger partial charge is 0.0635 e. The van der Waals surface area contributed by atoms with Crippen molar-refractivity contribution >= 4 is 29.4 Å². The van der Waals surface area contributed by atoms with Crippen molar-refractivity contribution in [3.63, 3.8) is 0 Å². The van der Waals surface area contributed by atoms with E-state index in [2.05, 4.69) is 60.7 Å². The molecule has 0 radical (unpaired) electrons. The monoisotopic (exact) mass is 374 g/mol. The van der Waals surface area contributed by atoms with Crippen LogP contribution in [0.5, 0.6) is 0 Å². The molecule has 0 bridgehead atoms. The molecule has 3 heteroatoms. The quantitative estimate of drug-likeness (QED) is 0.248. The van der Waals surface area contributed by atoms with Gasteiger partial charge in [-0.3, -0.25) is 0 Å². The van der Waals surface area contributed by atoms with Crippen molar-refractivity contribution in [2.24, 2.45) is 0 Å². The number of hydrogen-bond acceptors (Lipinski definition) is 0. The van der Waals surface area contributed by atoms with Crippen LogP contribution in [0.4, 0.5) is 0 Å². The van der Waals surface area contributed by atoms with Gasteiger partial charge in [-0.1, -0.05) is 54.1 Å². The maximum Gasteiger partial charge on any atom is -0.0635 e. The van der Waals surface area contributed by atoms with Crippen molar-refractivity contribution in [3.05, 3.63) is 97.1 Å². The van der Waals surface area contributed by atoms with Gasteiger partial charge >= 0.3 is 35.6 Å². The molecule has 0 N–H and O–H groups in total. The number of fused-ring (bicyclic) bond motifs is 1. The zero-order chi connectivity index (χ0) is 16.3. The van der Waals surface area contributed by atoms with Crippen LogP contribution < -0.4 is 0 Å². The van der Waals surface area contributed by atoms with E-state index in [1.165, 1.54) is 21.9 Å². The molecule has 116 valence electrons. The molecular formula is C20H16Cl2Ti-2. The predicted octanol–water partition coefficient (Wildman–Crippen LogP) is 7.01. The summed E-state index contributed by atoms with van der Waals surface area (Å²) in [6.45, 7) is 0. The van der Waals surface area contributed by atoms with Gasteiger partial charge in [-0.15, -0.1) is 34.5 Å². The third kappa shape index (κ3) is 6.01.